The summed E-state index contributed by atoms with van der Waals surface area (Å²) < 4.78 is 11.5. The number of hydrogen-bond acceptors (Lipinski definition) is 5. The molecular formula is C16H17N3O4. The van der Waals surface area contributed by atoms with E-state index in [1.807, 2.05) is 0 Å². The lowest BCUT2D eigenvalue weighted by atomic mass is 10.2. The van der Waals surface area contributed by atoms with Crippen LogP contribution in [-0.2, 0) is 11.3 Å². The standard InChI is InChI=1S/C16H17N3O4/c1-10-8-12(17-23-10)9-18(3)15(20)11(2)19-13-6-4-5-7-14(13)22-16(19)21/h4-8,11H,9H2,1-3H3/t11-/m0/s1. The van der Waals surface area contributed by atoms with E-state index in [0.29, 0.717) is 29.1 Å². The number of carbonyl (C=O) groups excluding carboxylic acids is 1. The molecule has 2 heterocycles. The maximum atomic E-state index is 12.6. The van der Waals surface area contributed by atoms with Gasteiger partial charge in [0.15, 0.2) is 5.58 Å². The molecule has 0 aliphatic carbocycles. The maximum Gasteiger partial charge on any atom is 0.420 e. The van der Waals surface area contributed by atoms with Gasteiger partial charge in [0.25, 0.3) is 0 Å². The second-order valence-electron chi connectivity index (χ2n) is 5.50. The third kappa shape index (κ3) is 2.77. The first-order valence-corrected chi connectivity index (χ1v) is 7.24. The summed E-state index contributed by atoms with van der Waals surface area (Å²) in [7, 11) is 1.66. The molecule has 0 fully saturated rings. The zero-order valence-corrected chi connectivity index (χ0v) is 13.1. The Labute approximate surface area is 132 Å². The van der Waals surface area contributed by atoms with Crippen molar-refractivity contribution in [2.45, 2.75) is 26.4 Å². The Morgan fingerprint density at radius 1 is 1.39 bits per heavy atom. The number of likely N-dealkylation sites (N-methyl/N-ethyl adjacent to an activating group) is 1. The van der Waals surface area contributed by atoms with Crippen LogP contribution in [0, 0.1) is 6.92 Å². The lowest BCUT2D eigenvalue weighted by molar-refractivity contribution is -0.133. The van der Waals surface area contributed by atoms with E-state index in [-0.39, 0.29) is 5.91 Å². The summed E-state index contributed by atoms with van der Waals surface area (Å²) >= 11 is 0. The highest BCUT2D eigenvalue weighted by Crippen LogP contribution is 2.18. The van der Waals surface area contributed by atoms with Gasteiger partial charge in [0.05, 0.1) is 12.1 Å². The number of rotatable bonds is 4. The fourth-order valence-corrected chi connectivity index (χ4v) is 2.59. The Hall–Kier alpha value is -2.83. The molecule has 0 unspecified atom stereocenters. The molecule has 0 radical (unpaired) electrons. The second-order valence-corrected chi connectivity index (χ2v) is 5.50. The first-order valence-electron chi connectivity index (χ1n) is 7.24. The number of aromatic nitrogens is 2. The minimum atomic E-state index is -0.677. The lowest BCUT2D eigenvalue weighted by Crippen LogP contribution is -2.35. The summed E-state index contributed by atoms with van der Waals surface area (Å²) in [5.41, 5.74) is 1.73. The van der Waals surface area contributed by atoms with Gasteiger partial charge in [-0.2, -0.15) is 0 Å². The van der Waals surface area contributed by atoms with Crippen molar-refractivity contribution < 1.29 is 13.7 Å². The number of fused-ring (bicyclic) bond motifs is 1. The normalized spacial score (nSPS) is 12.5. The Kier molecular flexibility index (Phi) is 3.77. The molecule has 0 saturated heterocycles. The molecular weight excluding hydrogens is 298 g/mol. The number of hydrogen-bond donors (Lipinski definition) is 0. The molecule has 23 heavy (non-hydrogen) atoms. The van der Waals surface area contributed by atoms with Gasteiger partial charge in [0, 0.05) is 13.1 Å². The first-order chi connectivity index (χ1) is 11.0. The van der Waals surface area contributed by atoms with Gasteiger partial charge in [-0.1, -0.05) is 17.3 Å². The summed E-state index contributed by atoms with van der Waals surface area (Å²) in [5, 5.41) is 3.87. The molecule has 0 saturated carbocycles. The quantitative estimate of drug-likeness (QED) is 0.736. The van der Waals surface area contributed by atoms with Gasteiger partial charge in [-0.05, 0) is 26.0 Å². The average Bonchev–Trinajstić information content (AvgIpc) is 3.07. The summed E-state index contributed by atoms with van der Waals surface area (Å²) in [6.07, 6.45) is 0. The van der Waals surface area contributed by atoms with E-state index >= 15 is 0 Å². The highest BCUT2D eigenvalue weighted by atomic mass is 16.5. The van der Waals surface area contributed by atoms with Gasteiger partial charge >= 0.3 is 5.76 Å². The zero-order chi connectivity index (χ0) is 16.6. The number of nitrogens with zero attached hydrogens (tertiary/aromatic N) is 3. The molecule has 120 valence electrons. The number of carbonyl (C=O) groups is 1. The van der Waals surface area contributed by atoms with Crippen LogP contribution >= 0.6 is 0 Å². The molecule has 1 amide bonds. The van der Waals surface area contributed by atoms with Crippen LogP contribution in [0.4, 0.5) is 0 Å². The van der Waals surface area contributed by atoms with E-state index in [1.54, 1.807) is 51.2 Å². The number of para-hydroxylation sites is 2. The van der Waals surface area contributed by atoms with Crippen molar-refractivity contribution in [2.24, 2.45) is 0 Å². The van der Waals surface area contributed by atoms with Crippen molar-refractivity contribution in [2.75, 3.05) is 7.05 Å². The number of benzene rings is 1. The van der Waals surface area contributed by atoms with Gasteiger partial charge in [0.2, 0.25) is 5.91 Å². The summed E-state index contributed by atoms with van der Waals surface area (Å²) in [4.78, 5) is 26.2. The van der Waals surface area contributed by atoms with Crippen LogP contribution in [0.25, 0.3) is 11.1 Å². The summed E-state index contributed by atoms with van der Waals surface area (Å²) in [5.74, 6) is -0.0667. The number of amides is 1. The molecule has 0 aliphatic heterocycles. The van der Waals surface area contributed by atoms with Crippen LogP contribution in [0.5, 0.6) is 0 Å². The van der Waals surface area contributed by atoms with Crippen LogP contribution in [0.1, 0.15) is 24.4 Å². The SMILES string of the molecule is Cc1cc(CN(C)C(=O)[C@H](C)n2c(=O)oc3ccccc32)no1. The van der Waals surface area contributed by atoms with Crippen LogP contribution in [0.2, 0.25) is 0 Å². The maximum absolute atomic E-state index is 12.6. The molecule has 1 aromatic carbocycles. The molecule has 0 N–H and O–H groups in total. The third-order valence-corrected chi connectivity index (χ3v) is 3.72. The van der Waals surface area contributed by atoms with E-state index in [1.165, 1.54) is 9.47 Å². The van der Waals surface area contributed by atoms with Crippen molar-refractivity contribution in [1.29, 1.82) is 0 Å². The molecule has 7 nitrogen and oxygen atoms in total. The smallest absolute Gasteiger partial charge is 0.408 e. The van der Waals surface area contributed by atoms with E-state index < -0.39 is 11.8 Å². The Balaban J connectivity index is 1.86. The minimum Gasteiger partial charge on any atom is -0.408 e. The van der Waals surface area contributed by atoms with Crippen molar-refractivity contribution >= 4 is 17.0 Å². The fraction of sp³-hybridized carbons (Fsp3) is 0.312. The molecule has 3 aromatic rings. The molecule has 7 heteroatoms. The van der Waals surface area contributed by atoms with Crippen molar-refractivity contribution in [1.82, 2.24) is 14.6 Å². The van der Waals surface area contributed by atoms with E-state index in [9.17, 15) is 9.59 Å². The van der Waals surface area contributed by atoms with Crippen LogP contribution in [0.3, 0.4) is 0 Å². The molecule has 0 bridgehead atoms. The first kappa shape index (κ1) is 15.1. The van der Waals surface area contributed by atoms with Crippen molar-refractivity contribution in [3.63, 3.8) is 0 Å². The van der Waals surface area contributed by atoms with Crippen molar-refractivity contribution in [3.8, 4) is 0 Å². The van der Waals surface area contributed by atoms with Gasteiger partial charge in [-0.25, -0.2) is 4.79 Å². The zero-order valence-electron chi connectivity index (χ0n) is 13.1. The predicted octanol–water partition coefficient (Wildman–Crippen LogP) is 2.11. The highest BCUT2D eigenvalue weighted by molar-refractivity contribution is 5.82. The van der Waals surface area contributed by atoms with Crippen molar-refractivity contribution in [3.05, 3.63) is 52.3 Å². The van der Waals surface area contributed by atoms with Gasteiger partial charge in [0.1, 0.15) is 17.5 Å². The highest BCUT2D eigenvalue weighted by Gasteiger charge is 2.24. The second kappa shape index (κ2) is 5.75. The lowest BCUT2D eigenvalue weighted by Gasteiger charge is -2.20. The Morgan fingerprint density at radius 3 is 2.83 bits per heavy atom. The number of oxazole rings is 1. The Morgan fingerprint density at radius 2 is 2.13 bits per heavy atom. The molecule has 2 aromatic heterocycles. The monoisotopic (exact) mass is 315 g/mol. The largest absolute Gasteiger partial charge is 0.420 e. The fourth-order valence-electron chi connectivity index (χ4n) is 2.59. The molecule has 3 rings (SSSR count). The van der Waals surface area contributed by atoms with Crippen LogP contribution < -0.4 is 5.76 Å². The Bertz CT molecular complexity index is 905. The molecule has 1 atom stereocenters. The van der Waals surface area contributed by atoms with E-state index in [4.69, 9.17) is 8.94 Å². The minimum absolute atomic E-state index is 0.209. The van der Waals surface area contributed by atoms with Gasteiger partial charge < -0.3 is 13.8 Å². The predicted molar refractivity (Wildman–Crippen MR) is 82.9 cm³/mol. The van der Waals surface area contributed by atoms with Gasteiger partial charge in [-0.15, -0.1) is 0 Å². The number of aryl methyl sites for hydroxylation is 1. The van der Waals surface area contributed by atoms with E-state index in [0.717, 1.165) is 0 Å². The summed E-state index contributed by atoms with van der Waals surface area (Å²) in [6, 6.07) is 8.13. The van der Waals surface area contributed by atoms with Crippen LogP contribution in [-0.4, -0.2) is 27.6 Å². The topological polar surface area (TPSA) is 81.5 Å². The summed E-state index contributed by atoms with van der Waals surface area (Å²) in [6.45, 7) is 3.78. The van der Waals surface area contributed by atoms with Gasteiger partial charge in [-0.3, -0.25) is 9.36 Å². The van der Waals surface area contributed by atoms with Crippen LogP contribution in [0.15, 0.2) is 44.1 Å². The van der Waals surface area contributed by atoms with E-state index in [2.05, 4.69) is 5.16 Å². The molecule has 0 spiro atoms. The third-order valence-electron chi connectivity index (χ3n) is 3.72. The molecule has 0 aliphatic rings. The average molecular weight is 315 g/mol.